The van der Waals surface area contributed by atoms with E-state index in [0.717, 1.165) is 41.7 Å². The third kappa shape index (κ3) is 2.81. The highest BCUT2D eigenvalue weighted by molar-refractivity contribution is 9.10. The van der Waals surface area contributed by atoms with Crippen LogP contribution in [0.15, 0.2) is 16.6 Å². The van der Waals surface area contributed by atoms with Crippen molar-refractivity contribution in [1.29, 1.82) is 0 Å². The minimum absolute atomic E-state index is 0.116. The zero-order chi connectivity index (χ0) is 12.4. The van der Waals surface area contributed by atoms with Crippen molar-refractivity contribution in [1.82, 2.24) is 0 Å². The van der Waals surface area contributed by atoms with Crippen molar-refractivity contribution < 1.29 is 9.84 Å². The Labute approximate surface area is 110 Å². The van der Waals surface area contributed by atoms with Gasteiger partial charge >= 0.3 is 0 Å². The SMILES string of the molecule is Cc1cc(Br)cc([C@@H](N)C2CCOCC2)c1O. The van der Waals surface area contributed by atoms with Crippen LogP contribution in [0.5, 0.6) is 5.75 Å². The van der Waals surface area contributed by atoms with E-state index in [9.17, 15) is 5.11 Å². The number of aromatic hydroxyl groups is 1. The van der Waals surface area contributed by atoms with Crippen LogP contribution in [0.1, 0.15) is 30.0 Å². The number of hydrogen-bond donors (Lipinski definition) is 2. The first-order valence-electron chi connectivity index (χ1n) is 5.92. The molecule has 17 heavy (non-hydrogen) atoms. The highest BCUT2D eigenvalue weighted by atomic mass is 79.9. The Hall–Kier alpha value is -0.580. The second-order valence-corrected chi connectivity index (χ2v) is 5.55. The number of aryl methyl sites for hydroxylation is 1. The first kappa shape index (κ1) is 12.9. The molecule has 1 aromatic rings. The first-order valence-corrected chi connectivity index (χ1v) is 6.71. The van der Waals surface area contributed by atoms with Crippen LogP contribution < -0.4 is 5.73 Å². The Bertz CT molecular complexity index is 403. The van der Waals surface area contributed by atoms with Crippen molar-refractivity contribution in [3.8, 4) is 5.75 Å². The summed E-state index contributed by atoms with van der Waals surface area (Å²) in [5.74, 6) is 0.718. The van der Waals surface area contributed by atoms with Crippen LogP contribution in [0.2, 0.25) is 0 Å². The van der Waals surface area contributed by atoms with Crippen LogP contribution >= 0.6 is 15.9 Å². The minimum atomic E-state index is -0.116. The average molecular weight is 300 g/mol. The molecular formula is C13H18BrNO2. The maximum absolute atomic E-state index is 10.1. The number of rotatable bonds is 2. The third-order valence-electron chi connectivity index (χ3n) is 3.43. The summed E-state index contributed by atoms with van der Waals surface area (Å²) in [6.45, 7) is 3.43. The van der Waals surface area contributed by atoms with Crippen LogP contribution in [0, 0.1) is 12.8 Å². The molecule has 1 aliphatic heterocycles. The normalized spacial score (nSPS) is 19.2. The van der Waals surface area contributed by atoms with E-state index in [4.69, 9.17) is 10.5 Å². The molecule has 0 saturated carbocycles. The van der Waals surface area contributed by atoms with Crippen LogP contribution in [-0.2, 0) is 4.74 Å². The molecule has 0 aromatic heterocycles. The topological polar surface area (TPSA) is 55.5 Å². The van der Waals surface area contributed by atoms with Gasteiger partial charge in [0.2, 0.25) is 0 Å². The van der Waals surface area contributed by atoms with Gasteiger partial charge in [0, 0.05) is 29.3 Å². The summed E-state index contributed by atoms with van der Waals surface area (Å²) in [7, 11) is 0. The van der Waals surface area contributed by atoms with Gasteiger partial charge in [0.05, 0.1) is 0 Å². The Morgan fingerprint density at radius 1 is 1.41 bits per heavy atom. The molecule has 0 unspecified atom stereocenters. The van der Waals surface area contributed by atoms with Crippen molar-refractivity contribution in [2.45, 2.75) is 25.8 Å². The lowest BCUT2D eigenvalue weighted by molar-refractivity contribution is 0.0581. The number of benzene rings is 1. The number of hydrogen-bond acceptors (Lipinski definition) is 3. The fourth-order valence-corrected chi connectivity index (χ4v) is 2.93. The molecule has 0 radical (unpaired) electrons. The summed E-state index contributed by atoms with van der Waals surface area (Å²) in [5.41, 5.74) is 7.97. The fraction of sp³-hybridized carbons (Fsp3) is 0.538. The van der Waals surface area contributed by atoms with Gasteiger partial charge in [0.15, 0.2) is 0 Å². The Morgan fingerprint density at radius 2 is 2.06 bits per heavy atom. The Balaban J connectivity index is 2.26. The Kier molecular flexibility index (Phi) is 4.07. The predicted molar refractivity (Wildman–Crippen MR) is 71.0 cm³/mol. The van der Waals surface area contributed by atoms with Gasteiger partial charge in [-0.2, -0.15) is 0 Å². The lowest BCUT2D eigenvalue weighted by Gasteiger charge is -2.28. The van der Waals surface area contributed by atoms with Gasteiger partial charge in [-0.05, 0) is 43.4 Å². The standard InChI is InChI=1S/C13H18BrNO2/c1-8-6-10(14)7-11(13(8)16)12(15)9-2-4-17-5-3-9/h6-7,9,12,16H,2-5,15H2,1H3/t12-/m0/s1. The molecule has 1 aromatic carbocycles. The molecule has 1 saturated heterocycles. The molecule has 0 spiro atoms. The number of phenolic OH excluding ortho intramolecular Hbond substituents is 1. The molecule has 4 heteroatoms. The van der Waals surface area contributed by atoms with E-state index in [1.807, 2.05) is 19.1 Å². The second kappa shape index (κ2) is 5.38. The second-order valence-electron chi connectivity index (χ2n) is 4.64. The van der Waals surface area contributed by atoms with E-state index >= 15 is 0 Å². The van der Waals surface area contributed by atoms with Crippen LogP contribution in [0.4, 0.5) is 0 Å². The summed E-state index contributed by atoms with van der Waals surface area (Å²) < 4.78 is 6.30. The van der Waals surface area contributed by atoms with Crippen molar-refractivity contribution in [3.63, 3.8) is 0 Å². The highest BCUT2D eigenvalue weighted by Gasteiger charge is 2.25. The summed E-state index contributed by atoms with van der Waals surface area (Å²) in [6.07, 6.45) is 1.93. The smallest absolute Gasteiger partial charge is 0.123 e. The number of ether oxygens (including phenoxy) is 1. The molecule has 1 fully saturated rings. The highest BCUT2D eigenvalue weighted by Crippen LogP contribution is 2.36. The molecule has 0 bridgehead atoms. The number of phenols is 1. The first-order chi connectivity index (χ1) is 8.09. The molecule has 1 atom stereocenters. The minimum Gasteiger partial charge on any atom is -0.507 e. The van der Waals surface area contributed by atoms with E-state index in [0.29, 0.717) is 11.7 Å². The molecule has 0 aliphatic carbocycles. The van der Waals surface area contributed by atoms with Gasteiger partial charge < -0.3 is 15.6 Å². The number of halogens is 1. The van der Waals surface area contributed by atoms with Gasteiger partial charge in [0.1, 0.15) is 5.75 Å². The van der Waals surface area contributed by atoms with Crippen molar-refractivity contribution >= 4 is 15.9 Å². The molecular weight excluding hydrogens is 282 g/mol. The summed E-state index contributed by atoms with van der Waals surface area (Å²) >= 11 is 3.45. The molecule has 0 amide bonds. The molecule has 3 N–H and O–H groups in total. The van der Waals surface area contributed by atoms with Crippen LogP contribution in [0.3, 0.4) is 0 Å². The van der Waals surface area contributed by atoms with Gasteiger partial charge in [-0.25, -0.2) is 0 Å². The van der Waals surface area contributed by atoms with Crippen LogP contribution in [0.25, 0.3) is 0 Å². The molecule has 3 nitrogen and oxygen atoms in total. The molecule has 1 aliphatic rings. The largest absolute Gasteiger partial charge is 0.507 e. The average Bonchev–Trinajstić information content (AvgIpc) is 2.34. The van der Waals surface area contributed by atoms with Crippen molar-refractivity contribution in [3.05, 3.63) is 27.7 Å². The van der Waals surface area contributed by atoms with E-state index in [1.54, 1.807) is 0 Å². The zero-order valence-electron chi connectivity index (χ0n) is 9.95. The van der Waals surface area contributed by atoms with Gasteiger partial charge in [0.25, 0.3) is 0 Å². The Morgan fingerprint density at radius 3 is 2.71 bits per heavy atom. The van der Waals surface area contributed by atoms with Crippen molar-refractivity contribution in [2.24, 2.45) is 11.7 Å². The summed E-state index contributed by atoms with van der Waals surface area (Å²) in [5, 5.41) is 10.1. The van der Waals surface area contributed by atoms with Crippen LogP contribution in [-0.4, -0.2) is 18.3 Å². The fourth-order valence-electron chi connectivity index (χ4n) is 2.34. The summed E-state index contributed by atoms with van der Waals surface area (Å²) in [6, 6.07) is 3.70. The monoisotopic (exact) mass is 299 g/mol. The van der Waals surface area contributed by atoms with Gasteiger partial charge in [-0.15, -0.1) is 0 Å². The summed E-state index contributed by atoms with van der Waals surface area (Å²) in [4.78, 5) is 0. The maximum Gasteiger partial charge on any atom is 0.123 e. The van der Waals surface area contributed by atoms with E-state index < -0.39 is 0 Å². The van der Waals surface area contributed by atoms with E-state index in [1.165, 1.54) is 0 Å². The molecule has 94 valence electrons. The lowest BCUT2D eigenvalue weighted by Crippen LogP contribution is -2.27. The van der Waals surface area contributed by atoms with Crippen molar-refractivity contribution in [2.75, 3.05) is 13.2 Å². The quantitative estimate of drug-likeness (QED) is 0.883. The van der Waals surface area contributed by atoms with E-state index in [2.05, 4.69) is 15.9 Å². The van der Waals surface area contributed by atoms with Gasteiger partial charge in [-0.1, -0.05) is 15.9 Å². The lowest BCUT2D eigenvalue weighted by atomic mass is 9.87. The third-order valence-corrected chi connectivity index (χ3v) is 3.89. The molecule has 2 rings (SSSR count). The van der Waals surface area contributed by atoms with E-state index in [-0.39, 0.29) is 6.04 Å². The number of nitrogens with two attached hydrogens (primary N) is 1. The van der Waals surface area contributed by atoms with Gasteiger partial charge in [-0.3, -0.25) is 0 Å². The molecule has 1 heterocycles. The zero-order valence-corrected chi connectivity index (χ0v) is 11.5. The maximum atomic E-state index is 10.1. The predicted octanol–water partition coefficient (Wildman–Crippen LogP) is 2.89.